The third kappa shape index (κ3) is 3.83. The molecule has 0 saturated carbocycles. The number of methoxy groups -OCH3 is 1. The highest BCUT2D eigenvalue weighted by Crippen LogP contribution is 2.23. The molecule has 0 aliphatic carbocycles. The molecule has 0 aliphatic heterocycles. The lowest BCUT2D eigenvalue weighted by Crippen LogP contribution is -2.14. The Balaban J connectivity index is 2.05. The van der Waals surface area contributed by atoms with Crippen LogP contribution in [0.25, 0.3) is 0 Å². The summed E-state index contributed by atoms with van der Waals surface area (Å²) >= 11 is 5.85. The van der Waals surface area contributed by atoms with Gasteiger partial charge in [-0.15, -0.1) is 0 Å². The van der Waals surface area contributed by atoms with Crippen LogP contribution in [0.1, 0.15) is 20.7 Å². The molecule has 21 heavy (non-hydrogen) atoms. The molecule has 0 unspecified atom stereocenters. The van der Waals surface area contributed by atoms with Crippen molar-refractivity contribution in [3.63, 3.8) is 0 Å². The van der Waals surface area contributed by atoms with E-state index in [1.54, 1.807) is 42.5 Å². The quantitative estimate of drug-likeness (QED) is 0.627. The number of ketones is 1. The van der Waals surface area contributed by atoms with Gasteiger partial charge in [0, 0.05) is 10.6 Å². The Morgan fingerprint density at radius 1 is 1.10 bits per heavy atom. The van der Waals surface area contributed by atoms with Crippen molar-refractivity contribution < 1.29 is 19.1 Å². The molecule has 0 amide bonds. The van der Waals surface area contributed by atoms with Gasteiger partial charge in [-0.25, -0.2) is 4.79 Å². The summed E-state index contributed by atoms with van der Waals surface area (Å²) in [5.41, 5.74) is 0.675. The van der Waals surface area contributed by atoms with Crippen LogP contribution in [0.3, 0.4) is 0 Å². The van der Waals surface area contributed by atoms with Crippen molar-refractivity contribution in [1.82, 2.24) is 0 Å². The number of benzene rings is 2. The van der Waals surface area contributed by atoms with E-state index in [1.807, 2.05) is 0 Å². The zero-order valence-corrected chi connectivity index (χ0v) is 12.1. The molecule has 0 aliphatic rings. The van der Waals surface area contributed by atoms with Gasteiger partial charge in [0.05, 0.1) is 7.11 Å². The first-order valence-electron chi connectivity index (χ1n) is 6.20. The molecule has 2 aromatic carbocycles. The highest BCUT2D eigenvalue weighted by atomic mass is 35.5. The van der Waals surface area contributed by atoms with Crippen LogP contribution in [0, 0.1) is 0 Å². The van der Waals surface area contributed by atoms with Crippen molar-refractivity contribution in [3.05, 3.63) is 64.7 Å². The van der Waals surface area contributed by atoms with E-state index in [0.717, 1.165) is 0 Å². The Bertz CT molecular complexity index is 653. The molecule has 2 aromatic rings. The van der Waals surface area contributed by atoms with Crippen molar-refractivity contribution in [3.8, 4) is 5.75 Å². The fourth-order valence-corrected chi connectivity index (χ4v) is 1.93. The highest BCUT2D eigenvalue weighted by Gasteiger charge is 2.16. The maximum absolute atomic E-state index is 12.0. The number of hydrogen-bond donors (Lipinski definition) is 0. The van der Waals surface area contributed by atoms with Crippen LogP contribution in [-0.4, -0.2) is 25.5 Å². The lowest BCUT2D eigenvalue weighted by Gasteiger charge is -2.08. The number of hydrogen-bond acceptors (Lipinski definition) is 4. The Hall–Kier alpha value is -2.33. The third-order valence-electron chi connectivity index (χ3n) is 2.81. The second-order valence-corrected chi connectivity index (χ2v) is 4.65. The monoisotopic (exact) mass is 304 g/mol. The summed E-state index contributed by atoms with van der Waals surface area (Å²) in [5.74, 6) is -0.583. The molecule has 0 fully saturated rings. The summed E-state index contributed by atoms with van der Waals surface area (Å²) in [6, 6.07) is 13.2. The molecule has 0 spiro atoms. The largest absolute Gasteiger partial charge is 0.496 e. The van der Waals surface area contributed by atoms with Crippen molar-refractivity contribution in [2.75, 3.05) is 13.7 Å². The van der Waals surface area contributed by atoms with Crippen LogP contribution in [0.15, 0.2) is 48.5 Å². The van der Waals surface area contributed by atoms with Gasteiger partial charge in [-0.2, -0.15) is 0 Å². The SMILES string of the molecule is COc1ccc(Cl)cc1C(=O)OCC(=O)c1ccccc1. The normalized spacial score (nSPS) is 10.0. The first kappa shape index (κ1) is 15.1. The predicted molar refractivity (Wildman–Crippen MR) is 79.1 cm³/mol. The van der Waals surface area contributed by atoms with Crippen LogP contribution < -0.4 is 4.74 Å². The molecular weight excluding hydrogens is 292 g/mol. The minimum atomic E-state index is -0.654. The molecule has 108 valence electrons. The summed E-state index contributed by atoms with van der Waals surface area (Å²) in [4.78, 5) is 23.9. The van der Waals surface area contributed by atoms with E-state index < -0.39 is 5.97 Å². The molecule has 0 saturated heterocycles. The number of carbonyl (C=O) groups excluding carboxylic acids is 2. The van der Waals surface area contributed by atoms with Crippen molar-refractivity contribution in [2.24, 2.45) is 0 Å². The van der Waals surface area contributed by atoms with Gasteiger partial charge in [0.2, 0.25) is 0 Å². The smallest absolute Gasteiger partial charge is 0.342 e. The lowest BCUT2D eigenvalue weighted by atomic mass is 10.1. The Morgan fingerprint density at radius 3 is 2.48 bits per heavy atom. The number of carbonyl (C=O) groups is 2. The van der Waals surface area contributed by atoms with E-state index in [9.17, 15) is 9.59 Å². The molecule has 0 aromatic heterocycles. The summed E-state index contributed by atoms with van der Waals surface area (Å²) in [5, 5.41) is 0.386. The second kappa shape index (κ2) is 6.90. The third-order valence-corrected chi connectivity index (χ3v) is 3.05. The first-order valence-corrected chi connectivity index (χ1v) is 6.58. The van der Waals surface area contributed by atoms with Crippen molar-refractivity contribution in [1.29, 1.82) is 0 Å². The van der Waals surface area contributed by atoms with Crippen LogP contribution in [0.4, 0.5) is 0 Å². The van der Waals surface area contributed by atoms with Gasteiger partial charge in [-0.1, -0.05) is 41.9 Å². The lowest BCUT2D eigenvalue weighted by molar-refractivity contribution is 0.0471. The zero-order valence-electron chi connectivity index (χ0n) is 11.3. The van der Waals surface area contributed by atoms with Gasteiger partial charge in [0.1, 0.15) is 11.3 Å². The minimum Gasteiger partial charge on any atom is -0.496 e. The van der Waals surface area contributed by atoms with E-state index >= 15 is 0 Å². The average molecular weight is 305 g/mol. The fraction of sp³-hybridized carbons (Fsp3) is 0.125. The van der Waals surface area contributed by atoms with Crippen LogP contribution >= 0.6 is 11.6 Å². The number of esters is 1. The van der Waals surface area contributed by atoms with E-state index in [4.69, 9.17) is 21.1 Å². The standard InChI is InChI=1S/C16H13ClO4/c1-20-15-8-7-12(17)9-13(15)16(19)21-10-14(18)11-5-3-2-4-6-11/h2-9H,10H2,1H3. The van der Waals surface area contributed by atoms with Gasteiger partial charge in [0.25, 0.3) is 0 Å². The second-order valence-electron chi connectivity index (χ2n) is 4.21. The number of halogens is 1. The maximum atomic E-state index is 12.0. The van der Waals surface area contributed by atoms with E-state index in [2.05, 4.69) is 0 Å². The Kier molecular flexibility index (Phi) is 4.95. The van der Waals surface area contributed by atoms with E-state index in [-0.39, 0.29) is 18.0 Å². The average Bonchev–Trinajstić information content (AvgIpc) is 2.53. The molecule has 5 heteroatoms. The van der Waals surface area contributed by atoms with Crippen LogP contribution in [0.2, 0.25) is 5.02 Å². The maximum Gasteiger partial charge on any atom is 0.342 e. The molecule has 0 bridgehead atoms. The molecular formula is C16H13ClO4. The topological polar surface area (TPSA) is 52.6 Å². The summed E-state index contributed by atoms with van der Waals surface area (Å²) in [6.07, 6.45) is 0. The Morgan fingerprint density at radius 2 is 1.81 bits per heavy atom. The summed E-state index contributed by atoms with van der Waals surface area (Å²) in [6.45, 7) is -0.335. The van der Waals surface area contributed by atoms with Gasteiger partial charge < -0.3 is 9.47 Å². The van der Waals surface area contributed by atoms with E-state index in [0.29, 0.717) is 16.3 Å². The van der Waals surface area contributed by atoms with Gasteiger partial charge in [0.15, 0.2) is 12.4 Å². The summed E-state index contributed by atoms with van der Waals surface area (Å²) < 4.78 is 10.1. The van der Waals surface area contributed by atoms with Gasteiger partial charge >= 0.3 is 5.97 Å². The zero-order chi connectivity index (χ0) is 15.2. The van der Waals surface area contributed by atoms with Crippen molar-refractivity contribution in [2.45, 2.75) is 0 Å². The van der Waals surface area contributed by atoms with E-state index in [1.165, 1.54) is 13.2 Å². The Labute approximate surface area is 127 Å². The van der Waals surface area contributed by atoms with Crippen molar-refractivity contribution >= 4 is 23.4 Å². The van der Waals surface area contributed by atoms with Gasteiger partial charge in [-0.05, 0) is 18.2 Å². The molecule has 2 rings (SSSR count). The number of Topliss-reactive ketones (excluding diaryl/α,β-unsaturated/α-hetero) is 1. The van der Waals surface area contributed by atoms with Gasteiger partial charge in [-0.3, -0.25) is 4.79 Å². The summed E-state index contributed by atoms with van der Waals surface area (Å²) in [7, 11) is 1.44. The molecule has 4 nitrogen and oxygen atoms in total. The molecule has 0 atom stereocenters. The molecule has 0 N–H and O–H groups in total. The molecule has 0 radical (unpaired) electrons. The predicted octanol–water partition coefficient (Wildman–Crippen LogP) is 3.39. The first-order chi connectivity index (χ1) is 10.1. The highest BCUT2D eigenvalue weighted by molar-refractivity contribution is 6.31. The number of ether oxygens (including phenoxy) is 2. The van der Waals surface area contributed by atoms with Crippen LogP contribution in [-0.2, 0) is 4.74 Å². The number of rotatable bonds is 5. The minimum absolute atomic E-state index is 0.186. The van der Waals surface area contributed by atoms with Crippen LogP contribution in [0.5, 0.6) is 5.75 Å². The molecule has 0 heterocycles. The fourth-order valence-electron chi connectivity index (χ4n) is 1.76.